The molecule has 1 aliphatic heterocycles. The number of halogens is 1. The van der Waals surface area contributed by atoms with Gasteiger partial charge in [-0.15, -0.1) is 16.7 Å². The predicted octanol–water partition coefficient (Wildman–Crippen LogP) is 2.56. The van der Waals surface area contributed by atoms with Crippen molar-refractivity contribution in [1.82, 2.24) is 5.06 Å². The summed E-state index contributed by atoms with van der Waals surface area (Å²) in [6, 6.07) is 0. The van der Waals surface area contributed by atoms with E-state index in [-0.39, 0.29) is 31.5 Å². The molecule has 9 heteroatoms. The topological polar surface area (TPSA) is 99.2 Å². The molecule has 8 nitrogen and oxygen atoms in total. The zero-order chi connectivity index (χ0) is 20.6. The first-order chi connectivity index (χ1) is 13.5. The zero-order valence-corrected chi connectivity index (χ0v) is 17.0. The van der Waals surface area contributed by atoms with Crippen LogP contribution in [0, 0.1) is 0 Å². The normalized spacial score (nSPS) is 14.0. The van der Waals surface area contributed by atoms with Crippen molar-refractivity contribution < 1.29 is 33.5 Å². The first kappa shape index (κ1) is 24.5. The van der Waals surface area contributed by atoms with Crippen molar-refractivity contribution >= 4 is 35.2 Å². The van der Waals surface area contributed by atoms with Crippen LogP contribution in [-0.4, -0.2) is 60.9 Å². The molecule has 0 saturated carbocycles. The lowest BCUT2D eigenvalue weighted by molar-refractivity contribution is -0.197. The molecular formula is C19H30ClNO7. The van der Waals surface area contributed by atoms with Crippen LogP contribution in [0.3, 0.4) is 0 Å². The average Bonchev–Trinajstić information content (AvgIpc) is 2.99. The van der Waals surface area contributed by atoms with Crippen molar-refractivity contribution in [3.05, 3.63) is 0 Å². The van der Waals surface area contributed by atoms with E-state index in [0.29, 0.717) is 43.6 Å². The maximum Gasteiger partial charge on any atom is 0.333 e. The molecule has 0 atom stereocenters. The second kappa shape index (κ2) is 15.4. The Bertz CT molecular complexity index is 497. The summed E-state index contributed by atoms with van der Waals surface area (Å²) in [5.41, 5.74) is 0. The molecule has 2 amide bonds. The van der Waals surface area contributed by atoms with E-state index >= 15 is 0 Å². The monoisotopic (exact) mass is 419 g/mol. The number of Topliss-reactive ketones (excluding diaryl/α,β-unsaturated/α-hetero) is 1. The smallest absolute Gasteiger partial charge is 0.333 e. The van der Waals surface area contributed by atoms with Gasteiger partial charge in [0.2, 0.25) is 0 Å². The molecule has 0 aromatic heterocycles. The second-order valence-electron chi connectivity index (χ2n) is 6.52. The molecule has 1 rings (SSSR count). The number of imide groups is 1. The molecule has 28 heavy (non-hydrogen) atoms. The number of nitrogens with zero attached hydrogens (tertiary/aromatic N) is 1. The number of hydrogen-bond donors (Lipinski definition) is 0. The third-order valence-electron chi connectivity index (χ3n) is 4.10. The summed E-state index contributed by atoms with van der Waals surface area (Å²) in [4.78, 5) is 50.7. The van der Waals surface area contributed by atoms with Crippen molar-refractivity contribution in [1.29, 1.82) is 0 Å². The fraction of sp³-hybridized carbons (Fsp3) is 0.789. The highest BCUT2D eigenvalue weighted by molar-refractivity contribution is 6.17. The van der Waals surface area contributed by atoms with Gasteiger partial charge in [0.05, 0.1) is 19.6 Å². The molecule has 160 valence electrons. The van der Waals surface area contributed by atoms with E-state index in [4.69, 9.17) is 25.9 Å². The first-order valence-corrected chi connectivity index (χ1v) is 10.4. The number of rotatable bonds is 17. The molecule has 0 aliphatic carbocycles. The van der Waals surface area contributed by atoms with Gasteiger partial charge in [0, 0.05) is 44.8 Å². The Hall–Kier alpha value is -1.51. The van der Waals surface area contributed by atoms with Gasteiger partial charge >= 0.3 is 5.97 Å². The summed E-state index contributed by atoms with van der Waals surface area (Å²) < 4.78 is 10.8. The Balaban J connectivity index is 1.91. The maximum atomic E-state index is 11.8. The molecule has 1 heterocycles. The lowest BCUT2D eigenvalue weighted by Crippen LogP contribution is -2.32. The van der Waals surface area contributed by atoms with E-state index in [9.17, 15) is 19.2 Å². The van der Waals surface area contributed by atoms with Gasteiger partial charge < -0.3 is 14.3 Å². The van der Waals surface area contributed by atoms with Crippen molar-refractivity contribution in [2.75, 3.05) is 32.3 Å². The number of ketones is 1. The molecule has 0 N–H and O–H groups in total. The SMILES string of the molecule is O=C(CCCOCCOCCCCCCCl)CCC(=O)ON1C(=O)CCC1=O. The molecule has 1 aliphatic rings. The van der Waals surface area contributed by atoms with Crippen molar-refractivity contribution in [3.8, 4) is 0 Å². The quantitative estimate of drug-likeness (QED) is 0.203. The van der Waals surface area contributed by atoms with Crippen LogP contribution in [0.15, 0.2) is 0 Å². The number of amides is 2. The minimum Gasteiger partial charge on any atom is -0.379 e. The Morgan fingerprint density at radius 3 is 2.04 bits per heavy atom. The second-order valence-corrected chi connectivity index (χ2v) is 6.89. The van der Waals surface area contributed by atoms with Gasteiger partial charge in [-0.1, -0.05) is 12.8 Å². The molecule has 0 radical (unpaired) electrons. The number of unbranched alkanes of at least 4 members (excludes halogenated alkanes) is 3. The fourth-order valence-electron chi connectivity index (χ4n) is 2.52. The molecular weight excluding hydrogens is 390 g/mol. The highest BCUT2D eigenvalue weighted by atomic mass is 35.5. The first-order valence-electron chi connectivity index (χ1n) is 9.84. The standard InChI is InChI=1S/C19H30ClNO7/c20-11-3-1-2-4-12-26-14-15-27-13-5-6-16(22)7-10-19(25)28-21-17(23)8-9-18(21)24/h1-15H2. The highest BCUT2D eigenvalue weighted by Crippen LogP contribution is 2.13. The van der Waals surface area contributed by atoms with Gasteiger partial charge in [-0.3, -0.25) is 14.4 Å². The Morgan fingerprint density at radius 2 is 1.39 bits per heavy atom. The minimum atomic E-state index is -0.756. The number of alkyl halides is 1. The number of hydrogen-bond acceptors (Lipinski definition) is 7. The lowest BCUT2D eigenvalue weighted by atomic mass is 10.1. The van der Waals surface area contributed by atoms with Crippen LogP contribution in [0.4, 0.5) is 0 Å². The summed E-state index contributed by atoms with van der Waals surface area (Å²) in [5.74, 6) is -1.20. The molecule has 0 spiro atoms. The van der Waals surface area contributed by atoms with Gasteiger partial charge in [-0.25, -0.2) is 4.79 Å². The summed E-state index contributed by atoms with van der Waals surface area (Å²) in [5, 5.41) is 0.489. The van der Waals surface area contributed by atoms with Crippen LogP contribution in [-0.2, 0) is 33.5 Å². The number of carbonyl (C=O) groups excluding carboxylic acids is 4. The third-order valence-corrected chi connectivity index (χ3v) is 4.36. The van der Waals surface area contributed by atoms with E-state index in [1.165, 1.54) is 0 Å². The van der Waals surface area contributed by atoms with Crippen molar-refractivity contribution in [2.45, 2.75) is 64.2 Å². The van der Waals surface area contributed by atoms with Gasteiger partial charge in [0.25, 0.3) is 11.8 Å². The predicted molar refractivity (Wildman–Crippen MR) is 101 cm³/mol. The molecule has 1 fully saturated rings. The Kier molecular flexibility index (Phi) is 13.5. The van der Waals surface area contributed by atoms with E-state index in [1.54, 1.807) is 0 Å². The van der Waals surface area contributed by atoms with Crippen LogP contribution in [0.1, 0.15) is 64.2 Å². The van der Waals surface area contributed by atoms with Crippen LogP contribution in [0.2, 0.25) is 0 Å². The number of ether oxygens (including phenoxy) is 2. The molecule has 0 unspecified atom stereocenters. The van der Waals surface area contributed by atoms with Gasteiger partial charge in [-0.05, 0) is 19.3 Å². The zero-order valence-electron chi connectivity index (χ0n) is 16.3. The summed E-state index contributed by atoms with van der Waals surface area (Å²) in [6.07, 6.45) is 5.13. The maximum absolute atomic E-state index is 11.8. The molecule has 0 aromatic carbocycles. The van der Waals surface area contributed by atoms with E-state index < -0.39 is 17.8 Å². The summed E-state index contributed by atoms with van der Waals surface area (Å²) >= 11 is 5.60. The van der Waals surface area contributed by atoms with Crippen LogP contribution < -0.4 is 0 Å². The van der Waals surface area contributed by atoms with E-state index in [0.717, 1.165) is 32.3 Å². The van der Waals surface area contributed by atoms with Gasteiger partial charge in [-0.2, -0.15) is 0 Å². The Labute approximate surface area is 170 Å². The highest BCUT2D eigenvalue weighted by Gasteiger charge is 2.32. The average molecular weight is 420 g/mol. The number of hydroxylamine groups is 2. The Morgan fingerprint density at radius 1 is 0.786 bits per heavy atom. The molecule has 0 aromatic rings. The molecule has 1 saturated heterocycles. The minimum absolute atomic E-state index is 0.0158. The van der Waals surface area contributed by atoms with Gasteiger partial charge in [0.1, 0.15) is 5.78 Å². The molecule has 0 bridgehead atoms. The fourth-order valence-corrected chi connectivity index (χ4v) is 2.71. The summed E-state index contributed by atoms with van der Waals surface area (Å²) in [7, 11) is 0. The van der Waals surface area contributed by atoms with Crippen molar-refractivity contribution in [3.63, 3.8) is 0 Å². The van der Waals surface area contributed by atoms with E-state index in [1.807, 2.05) is 0 Å². The van der Waals surface area contributed by atoms with Crippen LogP contribution >= 0.6 is 11.6 Å². The lowest BCUT2D eigenvalue weighted by Gasteiger charge is -2.12. The van der Waals surface area contributed by atoms with Crippen LogP contribution in [0.5, 0.6) is 0 Å². The van der Waals surface area contributed by atoms with Crippen molar-refractivity contribution in [2.24, 2.45) is 0 Å². The van der Waals surface area contributed by atoms with Crippen LogP contribution in [0.25, 0.3) is 0 Å². The summed E-state index contributed by atoms with van der Waals surface area (Å²) in [6.45, 7) is 2.18. The third kappa shape index (κ3) is 11.4. The largest absolute Gasteiger partial charge is 0.379 e. The van der Waals surface area contributed by atoms with Gasteiger partial charge in [0.15, 0.2) is 0 Å². The van der Waals surface area contributed by atoms with E-state index in [2.05, 4.69) is 0 Å². The number of carbonyl (C=O) groups is 4.